The maximum absolute atomic E-state index is 13.3. The summed E-state index contributed by atoms with van der Waals surface area (Å²) in [6.45, 7) is 3.39. The first-order chi connectivity index (χ1) is 15.6. The van der Waals surface area contributed by atoms with Crippen LogP contribution in [0.5, 0.6) is 0 Å². The minimum Gasteiger partial charge on any atom is -0.467 e. The number of carbonyl (C=O) groups excluding carboxylic acids is 1. The van der Waals surface area contributed by atoms with E-state index in [4.69, 9.17) is 4.42 Å². The van der Waals surface area contributed by atoms with Gasteiger partial charge in [0.05, 0.1) is 25.0 Å². The largest absolute Gasteiger partial charge is 0.467 e. The number of carbonyl (C=O) groups is 1. The SMILES string of the molecule is CC(c1ccc(-n2cncn2)cc1)N(C)CC(=O)N(Cc1ccccc1)Cc1ccco1. The molecule has 2 aromatic carbocycles. The van der Waals surface area contributed by atoms with E-state index in [2.05, 4.69) is 34.0 Å². The number of furan rings is 1. The topological polar surface area (TPSA) is 67.4 Å². The maximum atomic E-state index is 13.3. The molecule has 0 saturated heterocycles. The zero-order valence-corrected chi connectivity index (χ0v) is 18.3. The van der Waals surface area contributed by atoms with Crippen LogP contribution in [0.3, 0.4) is 0 Å². The summed E-state index contributed by atoms with van der Waals surface area (Å²) < 4.78 is 7.22. The molecule has 1 atom stereocenters. The van der Waals surface area contributed by atoms with Gasteiger partial charge in [0.25, 0.3) is 0 Å². The number of rotatable bonds is 9. The van der Waals surface area contributed by atoms with Crippen molar-refractivity contribution in [2.45, 2.75) is 26.1 Å². The van der Waals surface area contributed by atoms with Crippen molar-refractivity contribution in [3.8, 4) is 5.69 Å². The average molecular weight is 430 g/mol. The zero-order chi connectivity index (χ0) is 22.3. The smallest absolute Gasteiger partial charge is 0.237 e. The molecule has 0 bridgehead atoms. The molecule has 2 heterocycles. The minimum atomic E-state index is 0.0545. The Bertz CT molecular complexity index is 1090. The van der Waals surface area contributed by atoms with Crippen LogP contribution in [-0.2, 0) is 17.9 Å². The van der Waals surface area contributed by atoms with Crippen molar-refractivity contribution in [3.63, 3.8) is 0 Å². The molecule has 164 valence electrons. The van der Waals surface area contributed by atoms with Crippen LogP contribution in [0.1, 0.15) is 29.9 Å². The van der Waals surface area contributed by atoms with Crippen molar-refractivity contribution in [2.24, 2.45) is 0 Å². The Labute approximate surface area is 187 Å². The molecule has 4 rings (SSSR count). The molecular weight excluding hydrogens is 402 g/mol. The van der Waals surface area contributed by atoms with Crippen molar-refractivity contribution in [1.82, 2.24) is 24.6 Å². The minimum absolute atomic E-state index is 0.0545. The second-order valence-corrected chi connectivity index (χ2v) is 7.84. The highest BCUT2D eigenvalue weighted by molar-refractivity contribution is 5.78. The third-order valence-electron chi connectivity index (χ3n) is 5.60. The van der Waals surface area contributed by atoms with Gasteiger partial charge in [0.1, 0.15) is 18.4 Å². The number of nitrogens with zero attached hydrogens (tertiary/aromatic N) is 5. The third-order valence-corrected chi connectivity index (χ3v) is 5.60. The zero-order valence-electron chi connectivity index (χ0n) is 18.3. The quantitative estimate of drug-likeness (QED) is 0.401. The maximum Gasteiger partial charge on any atom is 0.237 e. The summed E-state index contributed by atoms with van der Waals surface area (Å²) >= 11 is 0. The van der Waals surface area contributed by atoms with Crippen molar-refractivity contribution in [3.05, 3.63) is 103 Å². The van der Waals surface area contributed by atoms with Crippen molar-refractivity contribution < 1.29 is 9.21 Å². The molecule has 1 unspecified atom stereocenters. The number of hydrogen-bond acceptors (Lipinski definition) is 5. The van der Waals surface area contributed by atoms with Crippen LogP contribution in [0.15, 0.2) is 90.1 Å². The summed E-state index contributed by atoms with van der Waals surface area (Å²) in [4.78, 5) is 21.1. The summed E-state index contributed by atoms with van der Waals surface area (Å²) in [5, 5.41) is 4.16. The van der Waals surface area contributed by atoms with E-state index in [1.807, 2.05) is 66.5 Å². The Morgan fingerprint density at radius 2 is 1.81 bits per heavy atom. The normalized spacial score (nSPS) is 12.1. The molecule has 1 amide bonds. The molecule has 0 fully saturated rings. The van der Waals surface area contributed by atoms with Gasteiger partial charge in [0.2, 0.25) is 5.91 Å². The van der Waals surface area contributed by atoms with Gasteiger partial charge in [0, 0.05) is 12.6 Å². The van der Waals surface area contributed by atoms with Crippen LogP contribution in [0, 0.1) is 0 Å². The molecule has 0 spiro atoms. The van der Waals surface area contributed by atoms with Crippen LogP contribution >= 0.6 is 0 Å². The highest BCUT2D eigenvalue weighted by Gasteiger charge is 2.21. The first-order valence-corrected chi connectivity index (χ1v) is 10.6. The number of amides is 1. The first-order valence-electron chi connectivity index (χ1n) is 10.6. The lowest BCUT2D eigenvalue weighted by molar-refractivity contribution is -0.134. The number of likely N-dealkylation sites (N-methyl/N-ethyl adjacent to an activating group) is 1. The fourth-order valence-corrected chi connectivity index (χ4v) is 3.58. The number of benzene rings is 2. The Morgan fingerprint density at radius 3 is 2.47 bits per heavy atom. The van der Waals surface area contributed by atoms with Crippen molar-refractivity contribution in [2.75, 3.05) is 13.6 Å². The monoisotopic (exact) mass is 429 g/mol. The molecule has 0 aliphatic carbocycles. The van der Waals surface area contributed by atoms with E-state index in [9.17, 15) is 4.79 Å². The molecule has 32 heavy (non-hydrogen) atoms. The second kappa shape index (κ2) is 10.1. The van der Waals surface area contributed by atoms with E-state index in [0.717, 1.165) is 22.6 Å². The second-order valence-electron chi connectivity index (χ2n) is 7.84. The van der Waals surface area contributed by atoms with Crippen molar-refractivity contribution in [1.29, 1.82) is 0 Å². The predicted octanol–water partition coefficient (Wildman–Crippen LogP) is 4.08. The van der Waals surface area contributed by atoms with Crippen LogP contribution in [0.2, 0.25) is 0 Å². The van der Waals surface area contributed by atoms with Gasteiger partial charge in [-0.2, -0.15) is 5.10 Å². The Morgan fingerprint density at radius 1 is 1.03 bits per heavy atom. The van der Waals surface area contributed by atoms with E-state index in [0.29, 0.717) is 19.6 Å². The molecule has 0 N–H and O–H groups in total. The van der Waals surface area contributed by atoms with Gasteiger partial charge in [-0.25, -0.2) is 9.67 Å². The Balaban J connectivity index is 1.43. The van der Waals surface area contributed by atoms with Gasteiger partial charge < -0.3 is 9.32 Å². The van der Waals surface area contributed by atoms with Crippen LogP contribution in [-0.4, -0.2) is 44.1 Å². The molecule has 0 aliphatic rings. The molecular formula is C25H27N5O2. The van der Waals surface area contributed by atoms with Gasteiger partial charge in [-0.05, 0) is 49.4 Å². The van der Waals surface area contributed by atoms with Gasteiger partial charge in [0.15, 0.2) is 0 Å². The highest BCUT2D eigenvalue weighted by atomic mass is 16.3. The molecule has 7 heteroatoms. The molecule has 0 aliphatic heterocycles. The molecule has 2 aromatic heterocycles. The third kappa shape index (κ3) is 5.31. The summed E-state index contributed by atoms with van der Waals surface area (Å²) in [6, 6.07) is 22.0. The fourth-order valence-electron chi connectivity index (χ4n) is 3.58. The van der Waals surface area contributed by atoms with E-state index in [1.54, 1.807) is 17.3 Å². The molecule has 7 nitrogen and oxygen atoms in total. The number of hydrogen-bond donors (Lipinski definition) is 0. The van der Waals surface area contributed by atoms with Crippen molar-refractivity contribution >= 4 is 5.91 Å². The van der Waals surface area contributed by atoms with Gasteiger partial charge in [-0.15, -0.1) is 0 Å². The summed E-state index contributed by atoms with van der Waals surface area (Å²) in [6.07, 6.45) is 4.82. The van der Waals surface area contributed by atoms with E-state index >= 15 is 0 Å². The highest BCUT2D eigenvalue weighted by Crippen LogP contribution is 2.21. The summed E-state index contributed by atoms with van der Waals surface area (Å²) in [7, 11) is 1.97. The Kier molecular flexibility index (Phi) is 6.77. The Hall–Kier alpha value is -3.71. The summed E-state index contributed by atoms with van der Waals surface area (Å²) in [5.41, 5.74) is 3.17. The van der Waals surface area contributed by atoms with Crippen LogP contribution < -0.4 is 0 Å². The summed E-state index contributed by atoms with van der Waals surface area (Å²) in [5.74, 6) is 0.826. The van der Waals surface area contributed by atoms with Gasteiger partial charge >= 0.3 is 0 Å². The molecule has 4 aromatic rings. The number of aromatic nitrogens is 3. The standard InChI is InChI=1S/C25H27N5O2/c1-20(22-10-12-23(13-11-22)30-19-26-18-27-30)28(2)17-25(31)29(16-24-9-6-14-32-24)15-21-7-4-3-5-8-21/h3-14,18-20H,15-17H2,1-2H3. The van der Waals surface area contributed by atoms with Gasteiger partial charge in [-0.3, -0.25) is 9.69 Å². The molecule has 0 saturated carbocycles. The lowest BCUT2D eigenvalue weighted by Gasteiger charge is -2.28. The average Bonchev–Trinajstić information content (AvgIpc) is 3.53. The lowest BCUT2D eigenvalue weighted by Crippen LogP contribution is -2.39. The molecule has 0 radical (unpaired) electrons. The van der Waals surface area contributed by atoms with E-state index in [1.165, 1.54) is 6.33 Å². The van der Waals surface area contributed by atoms with Gasteiger partial charge in [-0.1, -0.05) is 42.5 Å². The fraction of sp³-hybridized carbons (Fsp3) is 0.240. The first kappa shape index (κ1) is 21.5. The predicted molar refractivity (Wildman–Crippen MR) is 122 cm³/mol. The lowest BCUT2D eigenvalue weighted by atomic mass is 10.1. The van der Waals surface area contributed by atoms with Crippen LogP contribution in [0.25, 0.3) is 5.69 Å². The van der Waals surface area contributed by atoms with E-state index in [-0.39, 0.29) is 11.9 Å². The van der Waals surface area contributed by atoms with E-state index < -0.39 is 0 Å². The van der Waals surface area contributed by atoms with Crippen LogP contribution in [0.4, 0.5) is 0 Å².